The van der Waals surface area contributed by atoms with Gasteiger partial charge in [0.15, 0.2) is 23.1 Å². The number of ether oxygens (including phenoxy) is 2. The van der Waals surface area contributed by atoms with Crippen LogP contribution in [0.1, 0.15) is 18.5 Å². The third-order valence-electron chi connectivity index (χ3n) is 3.37. The molecule has 0 radical (unpaired) electrons. The first-order valence-electron chi connectivity index (χ1n) is 6.75. The molecule has 1 unspecified atom stereocenters. The molecular formula is C16H15F2NO2. The molecule has 5 heteroatoms. The fraction of sp³-hybridized carbons (Fsp3) is 0.250. The van der Waals surface area contributed by atoms with Crippen LogP contribution in [0, 0.1) is 11.6 Å². The topological polar surface area (TPSA) is 30.5 Å². The summed E-state index contributed by atoms with van der Waals surface area (Å²) in [5.41, 5.74) is 1.04. The minimum absolute atomic E-state index is 0.282. The Morgan fingerprint density at radius 3 is 2.62 bits per heavy atom. The summed E-state index contributed by atoms with van der Waals surface area (Å²) in [5.74, 6) is -0.326. The molecule has 3 rings (SSSR count). The second-order valence-corrected chi connectivity index (χ2v) is 4.87. The van der Waals surface area contributed by atoms with Crippen molar-refractivity contribution in [2.75, 3.05) is 18.5 Å². The van der Waals surface area contributed by atoms with E-state index in [0.717, 1.165) is 11.8 Å². The van der Waals surface area contributed by atoms with Gasteiger partial charge in [-0.3, -0.25) is 0 Å². The van der Waals surface area contributed by atoms with Gasteiger partial charge in [-0.15, -0.1) is 0 Å². The van der Waals surface area contributed by atoms with Crippen LogP contribution < -0.4 is 14.8 Å². The second kappa shape index (κ2) is 5.60. The van der Waals surface area contributed by atoms with Gasteiger partial charge in [-0.25, -0.2) is 8.78 Å². The van der Waals surface area contributed by atoms with Crippen molar-refractivity contribution in [2.24, 2.45) is 0 Å². The number of hydrogen-bond acceptors (Lipinski definition) is 3. The fourth-order valence-corrected chi connectivity index (χ4v) is 2.32. The van der Waals surface area contributed by atoms with Gasteiger partial charge in [0.1, 0.15) is 13.2 Å². The van der Waals surface area contributed by atoms with E-state index in [-0.39, 0.29) is 11.6 Å². The predicted octanol–water partition coefficient (Wildman–Crippen LogP) is 3.91. The normalized spacial score (nSPS) is 14.6. The van der Waals surface area contributed by atoms with E-state index in [0.29, 0.717) is 24.7 Å². The highest BCUT2D eigenvalue weighted by molar-refractivity contribution is 5.56. The monoisotopic (exact) mass is 291 g/mol. The standard InChI is InChI=1S/C16H15F2NO2/c1-10(12-3-2-4-13(17)16(12)18)19-11-5-6-14-15(9-11)21-8-7-20-14/h2-6,9-10,19H,7-8H2,1H3. The van der Waals surface area contributed by atoms with Crippen LogP contribution >= 0.6 is 0 Å². The van der Waals surface area contributed by atoms with Gasteiger partial charge in [-0.05, 0) is 25.1 Å². The first-order valence-corrected chi connectivity index (χ1v) is 6.75. The van der Waals surface area contributed by atoms with Crippen LogP contribution in [0.2, 0.25) is 0 Å². The summed E-state index contributed by atoms with van der Waals surface area (Å²) in [6, 6.07) is 9.21. The van der Waals surface area contributed by atoms with Crippen LogP contribution in [0.25, 0.3) is 0 Å². The third kappa shape index (κ3) is 2.77. The Morgan fingerprint density at radius 2 is 1.81 bits per heavy atom. The Morgan fingerprint density at radius 1 is 1.05 bits per heavy atom. The molecule has 1 heterocycles. The Balaban J connectivity index is 1.81. The van der Waals surface area contributed by atoms with Crippen molar-refractivity contribution < 1.29 is 18.3 Å². The number of rotatable bonds is 3. The number of anilines is 1. The van der Waals surface area contributed by atoms with Gasteiger partial charge in [0, 0.05) is 17.3 Å². The Bertz CT molecular complexity index is 661. The van der Waals surface area contributed by atoms with Crippen molar-refractivity contribution in [1.29, 1.82) is 0 Å². The van der Waals surface area contributed by atoms with Crippen LogP contribution in [0.3, 0.4) is 0 Å². The van der Waals surface area contributed by atoms with Crippen molar-refractivity contribution in [3.05, 3.63) is 53.6 Å². The van der Waals surface area contributed by atoms with Gasteiger partial charge < -0.3 is 14.8 Å². The summed E-state index contributed by atoms with van der Waals surface area (Å²) in [6.45, 7) is 2.81. The molecule has 1 atom stereocenters. The van der Waals surface area contributed by atoms with Gasteiger partial charge in [-0.1, -0.05) is 12.1 Å². The summed E-state index contributed by atoms with van der Waals surface area (Å²) in [7, 11) is 0. The summed E-state index contributed by atoms with van der Waals surface area (Å²) in [6.07, 6.45) is 0. The van der Waals surface area contributed by atoms with Gasteiger partial charge in [0.05, 0.1) is 6.04 Å². The summed E-state index contributed by atoms with van der Waals surface area (Å²) < 4.78 is 38.0. The third-order valence-corrected chi connectivity index (χ3v) is 3.37. The Labute approximate surface area is 121 Å². The number of benzene rings is 2. The Kier molecular flexibility index (Phi) is 3.64. The maximum Gasteiger partial charge on any atom is 0.164 e. The van der Waals surface area contributed by atoms with Crippen LogP contribution in [0.15, 0.2) is 36.4 Å². The first-order chi connectivity index (χ1) is 10.1. The van der Waals surface area contributed by atoms with E-state index >= 15 is 0 Å². The van der Waals surface area contributed by atoms with Crippen LogP contribution in [-0.4, -0.2) is 13.2 Å². The predicted molar refractivity (Wildman–Crippen MR) is 75.8 cm³/mol. The minimum atomic E-state index is -0.844. The average molecular weight is 291 g/mol. The second-order valence-electron chi connectivity index (χ2n) is 4.87. The van der Waals surface area contributed by atoms with Crippen molar-refractivity contribution >= 4 is 5.69 Å². The van der Waals surface area contributed by atoms with Gasteiger partial charge >= 0.3 is 0 Å². The molecule has 21 heavy (non-hydrogen) atoms. The van der Waals surface area contributed by atoms with E-state index in [4.69, 9.17) is 9.47 Å². The molecule has 0 spiro atoms. The molecule has 0 amide bonds. The maximum absolute atomic E-state index is 13.8. The van der Waals surface area contributed by atoms with Crippen molar-refractivity contribution in [3.8, 4) is 11.5 Å². The van der Waals surface area contributed by atoms with Crippen molar-refractivity contribution in [3.63, 3.8) is 0 Å². The summed E-state index contributed by atoms with van der Waals surface area (Å²) >= 11 is 0. The molecule has 0 bridgehead atoms. The zero-order valence-electron chi connectivity index (χ0n) is 11.5. The lowest BCUT2D eigenvalue weighted by Crippen LogP contribution is -2.16. The minimum Gasteiger partial charge on any atom is -0.486 e. The molecule has 2 aromatic carbocycles. The fourth-order valence-electron chi connectivity index (χ4n) is 2.32. The molecule has 0 aromatic heterocycles. The number of hydrogen-bond donors (Lipinski definition) is 1. The largest absolute Gasteiger partial charge is 0.486 e. The zero-order chi connectivity index (χ0) is 14.8. The molecule has 1 aliphatic heterocycles. The average Bonchev–Trinajstić information content (AvgIpc) is 2.50. The van der Waals surface area contributed by atoms with Crippen molar-refractivity contribution in [1.82, 2.24) is 0 Å². The summed E-state index contributed by atoms with van der Waals surface area (Å²) in [5, 5.41) is 3.13. The lowest BCUT2D eigenvalue weighted by atomic mass is 10.1. The van der Waals surface area contributed by atoms with E-state index in [2.05, 4.69) is 5.32 Å². The SMILES string of the molecule is CC(Nc1ccc2c(c1)OCCO2)c1cccc(F)c1F. The highest BCUT2D eigenvalue weighted by atomic mass is 19.2. The van der Waals surface area contributed by atoms with Crippen LogP contribution in [0.4, 0.5) is 14.5 Å². The lowest BCUT2D eigenvalue weighted by molar-refractivity contribution is 0.171. The quantitative estimate of drug-likeness (QED) is 0.930. The van der Waals surface area contributed by atoms with Gasteiger partial charge in [0.2, 0.25) is 0 Å². The first kappa shape index (κ1) is 13.7. The zero-order valence-corrected chi connectivity index (χ0v) is 11.5. The van der Waals surface area contributed by atoms with E-state index in [9.17, 15) is 8.78 Å². The van der Waals surface area contributed by atoms with Gasteiger partial charge in [0.25, 0.3) is 0 Å². The molecule has 0 saturated heterocycles. The van der Waals surface area contributed by atoms with Crippen LogP contribution in [-0.2, 0) is 0 Å². The number of nitrogens with one attached hydrogen (secondary N) is 1. The molecule has 1 N–H and O–H groups in total. The number of halogens is 2. The lowest BCUT2D eigenvalue weighted by Gasteiger charge is -2.21. The molecule has 1 aliphatic rings. The smallest absolute Gasteiger partial charge is 0.164 e. The molecule has 0 fully saturated rings. The maximum atomic E-state index is 13.8. The number of fused-ring (bicyclic) bond motifs is 1. The molecular weight excluding hydrogens is 276 g/mol. The molecule has 0 aliphatic carbocycles. The van der Waals surface area contributed by atoms with E-state index < -0.39 is 11.6 Å². The van der Waals surface area contributed by atoms with E-state index in [1.165, 1.54) is 6.07 Å². The van der Waals surface area contributed by atoms with Crippen LogP contribution in [0.5, 0.6) is 11.5 Å². The van der Waals surface area contributed by atoms with Crippen molar-refractivity contribution in [2.45, 2.75) is 13.0 Å². The molecule has 2 aromatic rings. The summed E-state index contributed by atoms with van der Waals surface area (Å²) in [4.78, 5) is 0. The molecule has 0 saturated carbocycles. The highest BCUT2D eigenvalue weighted by Gasteiger charge is 2.16. The molecule has 110 valence electrons. The van der Waals surface area contributed by atoms with E-state index in [1.807, 2.05) is 6.07 Å². The molecule has 3 nitrogen and oxygen atoms in total. The Hall–Kier alpha value is -2.30. The highest BCUT2D eigenvalue weighted by Crippen LogP contribution is 2.34. The van der Waals surface area contributed by atoms with Gasteiger partial charge in [-0.2, -0.15) is 0 Å². The van der Waals surface area contributed by atoms with E-state index in [1.54, 1.807) is 25.1 Å².